The molecule has 2 unspecified atom stereocenters. The second-order valence-electron chi connectivity index (χ2n) is 4.45. The standard InChI is InChI=1S/C10H17F3N2O3/c11-10(12,13)6-14-8-3-7(9(17)18)4-15(5-8)1-2-16/h7-8,14,16H,1-6H2,(H,17,18). The van der Waals surface area contributed by atoms with Gasteiger partial charge < -0.3 is 15.5 Å². The highest BCUT2D eigenvalue weighted by molar-refractivity contribution is 5.70. The molecule has 1 fully saturated rings. The second-order valence-corrected chi connectivity index (χ2v) is 4.45. The molecule has 0 aliphatic carbocycles. The van der Waals surface area contributed by atoms with Crippen molar-refractivity contribution in [1.82, 2.24) is 10.2 Å². The van der Waals surface area contributed by atoms with Crippen molar-refractivity contribution in [2.24, 2.45) is 5.92 Å². The number of piperidine rings is 1. The summed E-state index contributed by atoms with van der Waals surface area (Å²) in [7, 11) is 0. The molecule has 0 amide bonds. The highest BCUT2D eigenvalue weighted by Gasteiger charge is 2.34. The lowest BCUT2D eigenvalue weighted by atomic mass is 9.94. The van der Waals surface area contributed by atoms with E-state index in [-0.39, 0.29) is 26.1 Å². The lowest BCUT2D eigenvalue weighted by molar-refractivity contribution is -0.144. The Labute approximate surface area is 103 Å². The molecule has 2 atom stereocenters. The van der Waals surface area contributed by atoms with Gasteiger partial charge in [0.05, 0.1) is 19.1 Å². The summed E-state index contributed by atoms with van der Waals surface area (Å²) >= 11 is 0. The molecule has 0 aromatic carbocycles. The number of nitrogens with zero attached hydrogens (tertiary/aromatic N) is 1. The molecular formula is C10H17F3N2O3. The van der Waals surface area contributed by atoms with E-state index in [0.717, 1.165) is 0 Å². The van der Waals surface area contributed by atoms with Crippen LogP contribution in [0.4, 0.5) is 13.2 Å². The van der Waals surface area contributed by atoms with Crippen LogP contribution < -0.4 is 5.32 Å². The van der Waals surface area contributed by atoms with Gasteiger partial charge >= 0.3 is 12.1 Å². The van der Waals surface area contributed by atoms with Gasteiger partial charge in [0.1, 0.15) is 0 Å². The Hall–Kier alpha value is -0.860. The number of carboxylic acid groups (broad SMARTS) is 1. The number of alkyl halides is 3. The fraction of sp³-hybridized carbons (Fsp3) is 0.900. The summed E-state index contributed by atoms with van der Waals surface area (Å²) in [5.74, 6) is -1.72. The van der Waals surface area contributed by atoms with Crippen LogP contribution in [0.3, 0.4) is 0 Å². The molecule has 5 nitrogen and oxygen atoms in total. The van der Waals surface area contributed by atoms with E-state index in [4.69, 9.17) is 10.2 Å². The average molecular weight is 270 g/mol. The molecule has 1 aliphatic rings. The van der Waals surface area contributed by atoms with Gasteiger partial charge in [-0.25, -0.2) is 0 Å². The number of aliphatic hydroxyl groups excluding tert-OH is 1. The van der Waals surface area contributed by atoms with E-state index >= 15 is 0 Å². The third-order valence-electron chi connectivity index (χ3n) is 2.88. The molecule has 0 radical (unpaired) electrons. The van der Waals surface area contributed by atoms with E-state index in [2.05, 4.69) is 5.32 Å². The zero-order valence-corrected chi connectivity index (χ0v) is 9.78. The first-order valence-electron chi connectivity index (χ1n) is 5.68. The molecule has 1 aliphatic heterocycles. The van der Waals surface area contributed by atoms with Gasteiger partial charge in [0.2, 0.25) is 0 Å². The van der Waals surface area contributed by atoms with Crippen molar-refractivity contribution in [3.8, 4) is 0 Å². The molecule has 1 saturated heterocycles. The van der Waals surface area contributed by atoms with Crippen molar-refractivity contribution < 1.29 is 28.2 Å². The molecule has 0 bridgehead atoms. The first-order valence-corrected chi connectivity index (χ1v) is 5.68. The number of aliphatic carboxylic acids is 1. The number of β-amino-alcohol motifs (C(OH)–C–C–N with tert-alkyl or cyclic N) is 1. The van der Waals surface area contributed by atoms with E-state index < -0.39 is 30.7 Å². The van der Waals surface area contributed by atoms with Gasteiger partial charge in [-0.3, -0.25) is 9.69 Å². The van der Waals surface area contributed by atoms with Crippen LogP contribution in [0, 0.1) is 5.92 Å². The van der Waals surface area contributed by atoms with Crippen molar-refractivity contribution in [2.75, 3.05) is 32.8 Å². The summed E-state index contributed by atoms with van der Waals surface area (Å²) in [5, 5.41) is 20.1. The summed E-state index contributed by atoms with van der Waals surface area (Å²) in [6.45, 7) is -0.413. The van der Waals surface area contributed by atoms with Crippen molar-refractivity contribution in [1.29, 1.82) is 0 Å². The Bertz CT molecular complexity index is 286. The first kappa shape index (κ1) is 15.2. The van der Waals surface area contributed by atoms with E-state index in [1.807, 2.05) is 0 Å². The third kappa shape index (κ3) is 5.19. The molecule has 3 N–H and O–H groups in total. The number of nitrogens with one attached hydrogen (secondary N) is 1. The molecule has 8 heteroatoms. The van der Waals surface area contributed by atoms with Gasteiger partial charge in [-0.2, -0.15) is 13.2 Å². The summed E-state index contributed by atoms with van der Waals surface area (Å²) in [6, 6.07) is -0.520. The fourth-order valence-corrected chi connectivity index (χ4v) is 2.10. The number of hydrogen-bond donors (Lipinski definition) is 3. The SMILES string of the molecule is O=C(O)C1CC(NCC(F)(F)F)CN(CCO)C1. The number of rotatable bonds is 5. The fourth-order valence-electron chi connectivity index (χ4n) is 2.10. The number of hydrogen-bond acceptors (Lipinski definition) is 4. The molecule has 1 heterocycles. The molecule has 1 rings (SSSR count). The molecule has 18 heavy (non-hydrogen) atoms. The number of carboxylic acids is 1. The van der Waals surface area contributed by atoms with Gasteiger partial charge in [-0.15, -0.1) is 0 Å². The van der Waals surface area contributed by atoms with E-state index in [0.29, 0.717) is 6.54 Å². The maximum Gasteiger partial charge on any atom is 0.401 e. The van der Waals surface area contributed by atoms with Crippen molar-refractivity contribution in [2.45, 2.75) is 18.6 Å². The summed E-state index contributed by atoms with van der Waals surface area (Å²) in [4.78, 5) is 12.6. The van der Waals surface area contributed by atoms with Crippen molar-refractivity contribution >= 4 is 5.97 Å². The zero-order chi connectivity index (χ0) is 13.8. The van der Waals surface area contributed by atoms with Crippen LogP contribution >= 0.6 is 0 Å². The van der Waals surface area contributed by atoms with Crippen LogP contribution in [0.15, 0.2) is 0 Å². The third-order valence-corrected chi connectivity index (χ3v) is 2.88. The summed E-state index contributed by atoms with van der Waals surface area (Å²) in [6.07, 6.45) is -4.13. The predicted octanol–water partition coefficient (Wildman–Crippen LogP) is -0.0943. The largest absolute Gasteiger partial charge is 0.481 e. The Morgan fingerprint density at radius 2 is 2.06 bits per heavy atom. The quantitative estimate of drug-likeness (QED) is 0.651. The molecular weight excluding hydrogens is 253 g/mol. The monoisotopic (exact) mass is 270 g/mol. The van der Waals surface area contributed by atoms with Crippen LogP contribution in [0.5, 0.6) is 0 Å². The highest BCUT2D eigenvalue weighted by Crippen LogP contribution is 2.19. The molecule has 0 saturated carbocycles. The van der Waals surface area contributed by atoms with Crippen LogP contribution in [-0.2, 0) is 4.79 Å². The Morgan fingerprint density at radius 1 is 1.39 bits per heavy atom. The van der Waals surface area contributed by atoms with Crippen LogP contribution in [0.25, 0.3) is 0 Å². The minimum atomic E-state index is -4.31. The van der Waals surface area contributed by atoms with Gasteiger partial charge in [-0.05, 0) is 6.42 Å². The Balaban J connectivity index is 2.53. The van der Waals surface area contributed by atoms with E-state index in [1.165, 1.54) is 0 Å². The lowest BCUT2D eigenvalue weighted by Crippen LogP contribution is -2.53. The van der Waals surface area contributed by atoms with Crippen LogP contribution in [-0.4, -0.2) is 66.1 Å². The molecule has 106 valence electrons. The predicted molar refractivity (Wildman–Crippen MR) is 57.1 cm³/mol. The second kappa shape index (κ2) is 6.35. The van der Waals surface area contributed by atoms with Gasteiger partial charge in [-0.1, -0.05) is 0 Å². The first-order chi connectivity index (χ1) is 8.31. The topological polar surface area (TPSA) is 72.8 Å². The van der Waals surface area contributed by atoms with Crippen molar-refractivity contribution in [3.63, 3.8) is 0 Å². The minimum absolute atomic E-state index is 0.141. The van der Waals surface area contributed by atoms with Gasteiger partial charge in [0, 0.05) is 25.7 Å². The molecule has 0 spiro atoms. The molecule has 0 aromatic heterocycles. The Kier molecular flexibility index (Phi) is 5.36. The van der Waals surface area contributed by atoms with Crippen LogP contribution in [0.1, 0.15) is 6.42 Å². The number of aliphatic hydroxyl groups is 1. The van der Waals surface area contributed by atoms with Crippen LogP contribution in [0.2, 0.25) is 0 Å². The summed E-state index contributed by atoms with van der Waals surface area (Å²) < 4.78 is 36.2. The number of halogens is 3. The highest BCUT2D eigenvalue weighted by atomic mass is 19.4. The van der Waals surface area contributed by atoms with Gasteiger partial charge in [0.15, 0.2) is 0 Å². The summed E-state index contributed by atoms with van der Waals surface area (Å²) in [5.41, 5.74) is 0. The van der Waals surface area contributed by atoms with Crippen molar-refractivity contribution in [3.05, 3.63) is 0 Å². The minimum Gasteiger partial charge on any atom is -0.481 e. The normalized spacial score (nSPS) is 26.2. The van der Waals surface area contributed by atoms with E-state index in [9.17, 15) is 18.0 Å². The van der Waals surface area contributed by atoms with E-state index in [1.54, 1.807) is 4.90 Å². The number of carbonyl (C=O) groups is 1. The number of likely N-dealkylation sites (tertiary alicyclic amines) is 1. The zero-order valence-electron chi connectivity index (χ0n) is 9.78. The lowest BCUT2D eigenvalue weighted by Gasteiger charge is -2.36. The maximum atomic E-state index is 12.1. The average Bonchev–Trinajstić information content (AvgIpc) is 2.25. The smallest absolute Gasteiger partial charge is 0.401 e. The van der Waals surface area contributed by atoms with Gasteiger partial charge in [0.25, 0.3) is 0 Å². The Morgan fingerprint density at radius 3 is 2.56 bits per heavy atom. The molecule has 0 aromatic rings. The maximum absolute atomic E-state index is 12.1.